The first kappa shape index (κ1) is 16.1. The normalized spacial score (nSPS) is 24.5. The predicted molar refractivity (Wildman–Crippen MR) is 85.7 cm³/mol. The van der Waals surface area contributed by atoms with Crippen molar-refractivity contribution in [2.24, 2.45) is 0 Å². The number of carbonyl (C=O) groups excluding carboxylic acids is 1. The highest BCUT2D eigenvalue weighted by Crippen LogP contribution is 2.44. The molecule has 0 aliphatic carbocycles. The molecule has 2 atom stereocenters. The molecule has 1 aromatic carbocycles. The number of ether oxygens (including phenoxy) is 2. The Morgan fingerprint density at radius 3 is 2.96 bits per heavy atom. The summed E-state index contributed by atoms with van der Waals surface area (Å²) in [6.07, 6.45) is 1.68. The van der Waals surface area contributed by atoms with Crippen molar-refractivity contribution in [2.45, 2.75) is 31.6 Å². The lowest BCUT2D eigenvalue weighted by Crippen LogP contribution is -2.54. The van der Waals surface area contributed by atoms with E-state index in [1.807, 2.05) is 0 Å². The van der Waals surface area contributed by atoms with E-state index in [-0.39, 0.29) is 12.5 Å². The summed E-state index contributed by atoms with van der Waals surface area (Å²) in [5, 5.41) is 20.0. The lowest BCUT2D eigenvalue weighted by atomic mass is 9.85. The van der Waals surface area contributed by atoms with Crippen molar-refractivity contribution in [1.29, 1.82) is 5.26 Å². The Labute approximate surface area is 140 Å². The summed E-state index contributed by atoms with van der Waals surface area (Å²) in [4.78, 5) is 13.9. The first-order valence-corrected chi connectivity index (χ1v) is 7.57. The first-order valence-electron chi connectivity index (χ1n) is 7.57. The van der Waals surface area contributed by atoms with Crippen molar-refractivity contribution in [3.63, 3.8) is 0 Å². The third-order valence-electron chi connectivity index (χ3n) is 4.31. The highest BCUT2D eigenvalue weighted by molar-refractivity contribution is 5.91. The minimum atomic E-state index is -0.959. The topological polar surface area (TPSA) is 82.8 Å². The molecule has 0 saturated carbocycles. The van der Waals surface area contributed by atoms with Gasteiger partial charge in [0, 0.05) is 11.6 Å². The van der Waals surface area contributed by atoms with Crippen LogP contribution < -0.4 is 4.74 Å². The molecule has 0 aromatic heterocycles. The molecule has 0 bridgehead atoms. The van der Waals surface area contributed by atoms with Gasteiger partial charge in [0.2, 0.25) is 0 Å². The molecular formula is C18H18N2O4. The smallest absolute Gasteiger partial charge is 0.251 e. The van der Waals surface area contributed by atoms with Crippen molar-refractivity contribution >= 4 is 5.91 Å². The van der Waals surface area contributed by atoms with Gasteiger partial charge in [0.15, 0.2) is 0 Å². The van der Waals surface area contributed by atoms with Crippen LogP contribution in [0.1, 0.15) is 31.0 Å². The summed E-state index contributed by atoms with van der Waals surface area (Å²) >= 11 is 0. The fourth-order valence-electron chi connectivity index (χ4n) is 3.10. The largest absolute Gasteiger partial charge is 0.485 e. The van der Waals surface area contributed by atoms with Gasteiger partial charge in [-0.05, 0) is 32.0 Å². The summed E-state index contributed by atoms with van der Waals surface area (Å²) in [5.41, 5.74) is 0.174. The van der Waals surface area contributed by atoms with Crippen LogP contribution in [0.4, 0.5) is 0 Å². The lowest BCUT2D eigenvalue weighted by Gasteiger charge is -2.45. The van der Waals surface area contributed by atoms with Crippen LogP contribution in [-0.4, -0.2) is 34.2 Å². The first-order chi connectivity index (χ1) is 11.4. The second kappa shape index (κ2) is 5.69. The highest BCUT2D eigenvalue weighted by Gasteiger charge is 2.47. The van der Waals surface area contributed by atoms with Gasteiger partial charge >= 0.3 is 0 Å². The molecule has 0 radical (unpaired) electrons. The van der Waals surface area contributed by atoms with E-state index in [1.165, 1.54) is 17.2 Å². The molecule has 2 aliphatic heterocycles. The molecule has 6 heteroatoms. The van der Waals surface area contributed by atoms with Gasteiger partial charge in [0.05, 0.1) is 30.5 Å². The third kappa shape index (κ3) is 2.53. The molecule has 124 valence electrons. The predicted octanol–water partition coefficient (Wildman–Crippen LogP) is 2.02. The Kier molecular flexibility index (Phi) is 3.82. The van der Waals surface area contributed by atoms with Crippen molar-refractivity contribution in [1.82, 2.24) is 4.90 Å². The van der Waals surface area contributed by atoms with Crippen molar-refractivity contribution in [3.8, 4) is 11.8 Å². The van der Waals surface area contributed by atoms with Gasteiger partial charge in [-0.1, -0.05) is 6.58 Å². The maximum Gasteiger partial charge on any atom is 0.251 e. The van der Waals surface area contributed by atoms with E-state index in [0.717, 1.165) is 0 Å². The summed E-state index contributed by atoms with van der Waals surface area (Å²) in [5.74, 6) is 0.756. The maximum atomic E-state index is 12.4. The number of amides is 1. The quantitative estimate of drug-likeness (QED) is 0.859. The molecule has 1 amide bonds. The summed E-state index contributed by atoms with van der Waals surface area (Å²) in [6, 6.07) is 6.44. The molecule has 0 unspecified atom stereocenters. The molecule has 2 heterocycles. The van der Waals surface area contributed by atoms with E-state index < -0.39 is 17.7 Å². The summed E-state index contributed by atoms with van der Waals surface area (Å²) in [6.45, 7) is 7.24. The average Bonchev–Trinajstić information content (AvgIpc) is 2.89. The van der Waals surface area contributed by atoms with E-state index in [1.54, 1.807) is 32.0 Å². The number of fused-ring (bicyclic) bond motifs is 1. The molecule has 0 fully saturated rings. The number of aliphatic hydroxyl groups excluding tert-OH is 1. The van der Waals surface area contributed by atoms with E-state index in [9.17, 15) is 9.90 Å². The van der Waals surface area contributed by atoms with Crippen LogP contribution in [0.3, 0.4) is 0 Å². The fraction of sp³-hybridized carbons (Fsp3) is 0.333. The van der Waals surface area contributed by atoms with E-state index in [2.05, 4.69) is 12.6 Å². The second-order valence-corrected chi connectivity index (χ2v) is 6.32. The van der Waals surface area contributed by atoms with Crippen molar-refractivity contribution < 1.29 is 19.4 Å². The van der Waals surface area contributed by atoms with E-state index in [0.29, 0.717) is 22.6 Å². The van der Waals surface area contributed by atoms with Gasteiger partial charge in [-0.25, -0.2) is 0 Å². The molecule has 6 nitrogen and oxygen atoms in total. The number of carbonyl (C=O) groups is 1. The Hall–Kier alpha value is -2.78. The van der Waals surface area contributed by atoms with Crippen LogP contribution in [0, 0.1) is 11.3 Å². The van der Waals surface area contributed by atoms with Gasteiger partial charge in [-0.2, -0.15) is 5.26 Å². The van der Waals surface area contributed by atoms with Crippen molar-refractivity contribution in [2.75, 3.05) is 6.54 Å². The van der Waals surface area contributed by atoms with Crippen LogP contribution in [0.15, 0.2) is 42.9 Å². The second-order valence-electron chi connectivity index (χ2n) is 6.32. The Morgan fingerprint density at radius 2 is 2.29 bits per heavy atom. The zero-order chi connectivity index (χ0) is 17.5. The number of benzene rings is 1. The molecule has 1 aromatic rings. The van der Waals surface area contributed by atoms with Gasteiger partial charge in [0.1, 0.15) is 23.2 Å². The third-order valence-corrected chi connectivity index (χ3v) is 4.31. The van der Waals surface area contributed by atoms with Gasteiger partial charge in [0.25, 0.3) is 5.91 Å². The number of hydrogen-bond donors (Lipinski definition) is 1. The molecule has 3 rings (SSSR count). The Morgan fingerprint density at radius 1 is 1.54 bits per heavy atom. The molecular weight excluding hydrogens is 308 g/mol. The van der Waals surface area contributed by atoms with Crippen LogP contribution >= 0.6 is 0 Å². The molecule has 24 heavy (non-hydrogen) atoms. The molecule has 0 spiro atoms. The van der Waals surface area contributed by atoms with Crippen LogP contribution in [0.5, 0.6) is 5.75 Å². The van der Waals surface area contributed by atoms with E-state index >= 15 is 0 Å². The average molecular weight is 326 g/mol. The number of nitrogens with zero attached hydrogens (tertiary/aromatic N) is 2. The lowest BCUT2D eigenvalue weighted by molar-refractivity contribution is -0.137. The zero-order valence-corrected chi connectivity index (χ0v) is 13.5. The minimum Gasteiger partial charge on any atom is -0.485 e. The van der Waals surface area contributed by atoms with Crippen molar-refractivity contribution in [3.05, 3.63) is 54.0 Å². The SMILES string of the molecule is C=COC1=CC(=O)N([C@@H]2c3cc(C#N)ccc3OC(C)(C)[C@H]2O)C1. The fourth-order valence-corrected chi connectivity index (χ4v) is 3.10. The number of hydrogen-bond acceptors (Lipinski definition) is 5. The molecule has 0 saturated heterocycles. The van der Waals surface area contributed by atoms with Crippen LogP contribution in [-0.2, 0) is 9.53 Å². The van der Waals surface area contributed by atoms with Crippen LogP contribution in [0.2, 0.25) is 0 Å². The number of aliphatic hydroxyl groups is 1. The summed E-state index contributed by atoms with van der Waals surface area (Å²) in [7, 11) is 0. The Bertz CT molecular complexity index is 776. The van der Waals surface area contributed by atoms with E-state index in [4.69, 9.17) is 14.7 Å². The molecule has 2 aliphatic rings. The Balaban J connectivity index is 2.05. The monoisotopic (exact) mass is 326 g/mol. The number of rotatable bonds is 3. The zero-order valence-electron chi connectivity index (χ0n) is 13.5. The molecule has 1 N–H and O–H groups in total. The minimum absolute atomic E-state index is 0.221. The maximum absolute atomic E-state index is 12.4. The van der Waals surface area contributed by atoms with Crippen LogP contribution in [0.25, 0.3) is 0 Å². The number of nitriles is 1. The van der Waals surface area contributed by atoms with Gasteiger partial charge < -0.3 is 19.5 Å². The highest BCUT2D eigenvalue weighted by atomic mass is 16.5. The van der Waals surface area contributed by atoms with Gasteiger partial charge in [-0.3, -0.25) is 4.79 Å². The summed E-state index contributed by atoms with van der Waals surface area (Å²) < 4.78 is 11.1. The van der Waals surface area contributed by atoms with Gasteiger partial charge in [-0.15, -0.1) is 0 Å². The standard InChI is InChI=1S/C18H18N2O4/c1-4-23-12-8-15(21)20(10-12)16-13-7-11(9-19)5-6-14(13)24-18(2,3)17(16)22/h4-8,16-17,22H,1,10H2,2-3H3/t16-,17+/m1/s1.